The van der Waals surface area contributed by atoms with Crippen molar-refractivity contribution in [3.63, 3.8) is 0 Å². The summed E-state index contributed by atoms with van der Waals surface area (Å²) in [4.78, 5) is 29.1. The normalized spacial score (nSPS) is 11.6. The van der Waals surface area contributed by atoms with Crippen molar-refractivity contribution in [2.24, 2.45) is 0 Å². The summed E-state index contributed by atoms with van der Waals surface area (Å²) < 4.78 is 13.3. The van der Waals surface area contributed by atoms with E-state index in [1.54, 1.807) is 48.1 Å². The molecule has 1 atom stereocenters. The van der Waals surface area contributed by atoms with E-state index < -0.39 is 6.04 Å². The number of amides is 2. The van der Waals surface area contributed by atoms with Crippen LogP contribution in [0, 0.1) is 0 Å². The number of methoxy groups -OCH3 is 1. The van der Waals surface area contributed by atoms with E-state index in [0.29, 0.717) is 47.6 Å². The Morgan fingerprint density at radius 1 is 1.09 bits per heavy atom. The van der Waals surface area contributed by atoms with Crippen molar-refractivity contribution >= 4 is 46.8 Å². The summed E-state index contributed by atoms with van der Waals surface area (Å²) in [5.41, 5.74) is 4.21. The zero-order valence-electron chi connectivity index (χ0n) is 24.8. The lowest BCUT2D eigenvalue weighted by atomic mass is 10.0. The van der Waals surface area contributed by atoms with Crippen LogP contribution in [0.2, 0.25) is 10.0 Å². The summed E-state index contributed by atoms with van der Waals surface area (Å²) in [6.07, 6.45) is 7.16. The molecule has 2 aromatic heterocycles. The van der Waals surface area contributed by atoms with Gasteiger partial charge in [-0.15, -0.1) is 0 Å². The van der Waals surface area contributed by atoms with E-state index in [0.717, 1.165) is 40.3 Å². The summed E-state index contributed by atoms with van der Waals surface area (Å²) in [7, 11) is 1.60. The fraction of sp³-hybridized carbons (Fsp3) is 0.312. The summed E-state index contributed by atoms with van der Waals surface area (Å²) >= 11 is 14.3. The zero-order valence-corrected chi connectivity index (χ0v) is 27.1. The minimum absolute atomic E-state index is 0.267. The molecule has 2 N–H and O–H groups in total. The average Bonchev–Trinajstić information content (AvgIpc) is 3.39. The largest absolute Gasteiger partial charge is 0.497 e. The first kappa shape index (κ1) is 33.2. The smallest absolute Gasteiger partial charge is 0.242 e. The van der Waals surface area contributed by atoms with Gasteiger partial charge in [0.1, 0.15) is 17.5 Å². The molecule has 0 aliphatic carbocycles. The van der Waals surface area contributed by atoms with Crippen molar-refractivity contribution in [1.29, 1.82) is 0 Å². The van der Waals surface area contributed by atoms with Crippen molar-refractivity contribution in [3.8, 4) is 28.6 Å². The van der Waals surface area contributed by atoms with Gasteiger partial charge in [-0.05, 0) is 72.9 Å². The van der Waals surface area contributed by atoms with Gasteiger partial charge < -0.3 is 20.1 Å². The second kappa shape index (κ2) is 16.4. The van der Waals surface area contributed by atoms with Gasteiger partial charge >= 0.3 is 0 Å². The topological polar surface area (TPSA) is 107 Å². The van der Waals surface area contributed by atoms with E-state index in [1.165, 1.54) is 6.92 Å². The van der Waals surface area contributed by atoms with Crippen LogP contribution in [-0.4, -0.2) is 64.9 Å². The molecule has 9 nitrogen and oxygen atoms in total. The monoisotopic (exact) mass is 655 g/mol. The van der Waals surface area contributed by atoms with Gasteiger partial charge in [-0.1, -0.05) is 35.3 Å². The van der Waals surface area contributed by atoms with Crippen LogP contribution in [0.4, 0.5) is 0 Å². The maximum atomic E-state index is 13.0. The van der Waals surface area contributed by atoms with Gasteiger partial charge in [0.2, 0.25) is 17.7 Å². The molecule has 232 valence electrons. The first-order valence-corrected chi connectivity index (χ1v) is 16.2. The van der Waals surface area contributed by atoms with Crippen LogP contribution in [0.1, 0.15) is 24.5 Å². The number of halogens is 2. The van der Waals surface area contributed by atoms with E-state index in [1.807, 2.05) is 42.5 Å². The molecule has 4 aromatic rings. The van der Waals surface area contributed by atoms with Crippen LogP contribution in [-0.2, 0) is 22.4 Å². The number of nitrogens with one attached hydrogen (secondary N) is 2. The molecule has 0 bridgehead atoms. The number of nitrogens with zero attached hydrogens (tertiary/aromatic N) is 3. The first-order chi connectivity index (χ1) is 21.3. The minimum atomic E-state index is -0.710. The van der Waals surface area contributed by atoms with Crippen molar-refractivity contribution in [3.05, 3.63) is 88.2 Å². The quantitative estimate of drug-likeness (QED) is 0.156. The molecule has 0 spiro atoms. The Labute approximate surface area is 271 Å². The Morgan fingerprint density at radius 2 is 1.89 bits per heavy atom. The fourth-order valence-corrected chi connectivity index (χ4v) is 5.27. The molecule has 0 unspecified atom stereocenters. The number of pyridine rings is 1. The standard InChI is InChI=1S/C32H35Cl2N5O4S/c1-21(40)37-29(18-22-7-10-25(42-2)11-8-22)31(41)36-15-5-16-43-32-26(13-17-44-3)30(23-6-4-14-35-20-23)38-39(32)24-9-12-27(33)28(34)19-24/h4,6-12,14,19-20,29H,5,13,15-18H2,1-3H3,(H,36,41)(H,37,40)/t29-/m0/s1. The number of aromatic nitrogens is 3. The molecule has 0 aliphatic heterocycles. The van der Waals surface area contributed by atoms with Crippen LogP contribution < -0.4 is 20.1 Å². The van der Waals surface area contributed by atoms with E-state index in [4.69, 9.17) is 37.8 Å². The lowest BCUT2D eigenvalue weighted by Crippen LogP contribution is -2.47. The van der Waals surface area contributed by atoms with E-state index in [9.17, 15) is 9.59 Å². The van der Waals surface area contributed by atoms with Crippen LogP contribution in [0.3, 0.4) is 0 Å². The molecular weight excluding hydrogens is 621 g/mol. The molecule has 0 saturated heterocycles. The second-order valence-corrected chi connectivity index (χ2v) is 11.7. The molecule has 2 aromatic carbocycles. The summed E-state index contributed by atoms with van der Waals surface area (Å²) in [6, 6.07) is 15.8. The second-order valence-electron chi connectivity index (χ2n) is 9.93. The molecule has 0 saturated carbocycles. The molecule has 4 rings (SSSR count). The number of hydrogen-bond acceptors (Lipinski definition) is 7. The van der Waals surface area contributed by atoms with Crippen molar-refractivity contribution in [2.75, 3.05) is 32.3 Å². The van der Waals surface area contributed by atoms with Crippen LogP contribution >= 0.6 is 35.0 Å². The number of rotatable bonds is 15. The highest BCUT2D eigenvalue weighted by molar-refractivity contribution is 7.98. The number of ether oxygens (including phenoxy) is 2. The highest BCUT2D eigenvalue weighted by atomic mass is 35.5. The van der Waals surface area contributed by atoms with Gasteiger partial charge in [-0.3, -0.25) is 14.6 Å². The van der Waals surface area contributed by atoms with Gasteiger partial charge in [0, 0.05) is 43.4 Å². The van der Waals surface area contributed by atoms with Gasteiger partial charge in [-0.2, -0.15) is 16.9 Å². The lowest BCUT2D eigenvalue weighted by Gasteiger charge is -2.18. The molecule has 0 radical (unpaired) electrons. The Morgan fingerprint density at radius 3 is 2.55 bits per heavy atom. The average molecular weight is 657 g/mol. The molecule has 44 heavy (non-hydrogen) atoms. The predicted octanol–water partition coefficient (Wildman–Crippen LogP) is 5.79. The van der Waals surface area contributed by atoms with Gasteiger partial charge in [0.15, 0.2) is 0 Å². The van der Waals surface area contributed by atoms with Gasteiger partial charge in [0.25, 0.3) is 0 Å². The van der Waals surface area contributed by atoms with E-state index >= 15 is 0 Å². The third kappa shape index (κ3) is 8.90. The number of hydrogen-bond donors (Lipinski definition) is 2. The summed E-state index contributed by atoms with van der Waals surface area (Å²) in [5.74, 6) is 1.64. The molecule has 0 fully saturated rings. The van der Waals surface area contributed by atoms with Crippen molar-refractivity contribution < 1.29 is 19.1 Å². The van der Waals surface area contributed by atoms with Crippen LogP contribution in [0.5, 0.6) is 11.6 Å². The van der Waals surface area contributed by atoms with Crippen molar-refractivity contribution in [1.82, 2.24) is 25.4 Å². The number of carbonyl (C=O) groups is 2. The molecule has 12 heteroatoms. The molecular formula is C32H35Cl2N5O4S. The molecule has 2 amide bonds. The predicted molar refractivity (Wildman–Crippen MR) is 176 cm³/mol. The van der Waals surface area contributed by atoms with Crippen LogP contribution in [0.25, 0.3) is 16.9 Å². The zero-order chi connectivity index (χ0) is 31.5. The minimum Gasteiger partial charge on any atom is -0.497 e. The molecule has 0 aliphatic rings. The Bertz CT molecular complexity index is 1550. The lowest BCUT2D eigenvalue weighted by molar-refractivity contribution is -0.128. The Hall–Kier alpha value is -3.73. The molecule has 2 heterocycles. The Kier molecular flexibility index (Phi) is 12.3. The highest BCUT2D eigenvalue weighted by Crippen LogP contribution is 2.35. The Balaban J connectivity index is 1.48. The number of carbonyl (C=O) groups excluding carboxylic acids is 2. The number of thioether (sulfide) groups is 1. The maximum absolute atomic E-state index is 13.0. The summed E-state index contributed by atoms with van der Waals surface area (Å²) in [6.45, 7) is 2.07. The third-order valence-electron chi connectivity index (χ3n) is 6.73. The third-order valence-corrected chi connectivity index (χ3v) is 8.08. The fourth-order valence-electron chi connectivity index (χ4n) is 4.57. The maximum Gasteiger partial charge on any atom is 0.242 e. The number of benzene rings is 2. The highest BCUT2D eigenvalue weighted by Gasteiger charge is 2.23. The van der Waals surface area contributed by atoms with Gasteiger partial charge in [0.05, 0.1) is 29.4 Å². The van der Waals surface area contributed by atoms with Gasteiger partial charge in [-0.25, -0.2) is 4.68 Å². The summed E-state index contributed by atoms with van der Waals surface area (Å²) in [5, 5.41) is 11.5. The first-order valence-electron chi connectivity index (χ1n) is 14.1. The van der Waals surface area contributed by atoms with Crippen molar-refractivity contribution in [2.45, 2.75) is 32.2 Å². The van der Waals surface area contributed by atoms with E-state index in [2.05, 4.69) is 21.9 Å². The van der Waals surface area contributed by atoms with E-state index in [-0.39, 0.29) is 11.8 Å². The van der Waals surface area contributed by atoms with Crippen LogP contribution in [0.15, 0.2) is 67.0 Å². The SMILES string of the molecule is COc1ccc(C[C@H](NC(C)=O)C(=O)NCCCOc2c(CCSC)c(-c3cccnc3)nn2-c2ccc(Cl)c(Cl)c2)cc1.